The van der Waals surface area contributed by atoms with E-state index in [1.807, 2.05) is 0 Å². The lowest BCUT2D eigenvalue weighted by atomic mass is 9.92. The Kier molecular flexibility index (Phi) is 8.63. The summed E-state index contributed by atoms with van der Waals surface area (Å²) in [4.78, 5) is 2.39. The largest absolute Gasteiger partial charge is 0.312 e. The summed E-state index contributed by atoms with van der Waals surface area (Å²) in [6.45, 7) is 7.99. The van der Waals surface area contributed by atoms with E-state index >= 15 is 0 Å². The van der Waals surface area contributed by atoms with Crippen molar-refractivity contribution in [1.82, 2.24) is 10.2 Å². The van der Waals surface area contributed by atoms with E-state index in [1.54, 1.807) is 0 Å². The zero-order chi connectivity index (χ0) is 15.7. The summed E-state index contributed by atoms with van der Waals surface area (Å²) in [5, 5.41) is 3.81. The van der Waals surface area contributed by atoms with Gasteiger partial charge in [-0.25, -0.2) is 0 Å². The van der Waals surface area contributed by atoms with Crippen molar-refractivity contribution in [1.29, 1.82) is 0 Å². The third-order valence-electron chi connectivity index (χ3n) is 4.69. The first kappa shape index (κ1) is 18.2. The molecule has 0 aromatic heterocycles. The maximum absolute atomic E-state index is 3.81. The van der Waals surface area contributed by atoms with Crippen molar-refractivity contribution in [3.8, 4) is 0 Å². The Morgan fingerprint density at radius 3 is 2.05 bits per heavy atom. The molecule has 2 unspecified atom stereocenters. The van der Waals surface area contributed by atoms with E-state index in [1.165, 1.54) is 24.8 Å². The molecule has 21 heavy (non-hydrogen) atoms. The molecule has 0 saturated heterocycles. The van der Waals surface area contributed by atoms with Gasteiger partial charge in [0.1, 0.15) is 0 Å². The standard InChI is InChI=1S/C19H34N2/c1-6-17(7-2)19(21(4)5)15-20-18(8-3)14-16-12-10-9-11-13-16/h9-13,17-20H,6-8,14-15H2,1-5H3. The van der Waals surface area contributed by atoms with Crippen molar-refractivity contribution in [2.45, 2.75) is 58.5 Å². The molecule has 1 aromatic rings. The van der Waals surface area contributed by atoms with E-state index in [4.69, 9.17) is 0 Å². The van der Waals surface area contributed by atoms with Crippen LogP contribution in [0, 0.1) is 5.92 Å². The average molecular weight is 290 g/mol. The summed E-state index contributed by atoms with van der Waals surface area (Å²) in [5.41, 5.74) is 1.43. The number of benzene rings is 1. The number of nitrogens with zero attached hydrogens (tertiary/aromatic N) is 1. The molecule has 1 N–H and O–H groups in total. The Bertz CT molecular complexity index is 357. The quantitative estimate of drug-likeness (QED) is 0.701. The van der Waals surface area contributed by atoms with E-state index < -0.39 is 0 Å². The molecule has 0 heterocycles. The lowest BCUT2D eigenvalue weighted by Gasteiger charge is -2.33. The molecule has 120 valence electrons. The molecule has 1 rings (SSSR count). The van der Waals surface area contributed by atoms with Gasteiger partial charge in [0.05, 0.1) is 0 Å². The number of hydrogen-bond donors (Lipinski definition) is 1. The molecule has 2 atom stereocenters. The van der Waals surface area contributed by atoms with Crippen molar-refractivity contribution >= 4 is 0 Å². The van der Waals surface area contributed by atoms with Gasteiger partial charge in [0, 0.05) is 18.6 Å². The van der Waals surface area contributed by atoms with Crippen LogP contribution in [0.1, 0.15) is 45.6 Å². The van der Waals surface area contributed by atoms with Gasteiger partial charge in [0.15, 0.2) is 0 Å². The van der Waals surface area contributed by atoms with Gasteiger partial charge in [-0.1, -0.05) is 63.9 Å². The smallest absolute Gasteiger partial charge is 0.0242 e. The average Bonchev–Trinajstić information content (AvgIpc) is 2.50. The number of likely N-dealkylation sites (N-methyl/N-ethyl adjacent to an activating group) is 1. The summed E-state index contributed by atoms with van der Waals surface area (Å²) in [5.74, 6) is 0.779. The molecule has 0 aliphatic rings. The zero-order valence-electron chi connectivity index (χ0n) is 14.6. The molecular formula is C19H34N2. The SMILES string of the molecule is CCC(Cc1ccccc1)NCC(C(CC)CC)N(C)C. The van der Waals surface area contributed by atoms with E-state index in [0.717, 1.165) is 18.9 Å². The van der Waals surface area contributed by atoms with Gasteiger partial charge in [-0.3, -0.25) is 0 Å². The fraction of sp³-hybridized carbons (Fsp3) is 0.684. The maximum Gasteiger partial charge on any atom is 0.0242 e. The predicted octanol–water partition coefficient (Wildman–Crippen LogP) is 3.96. The highest BCUT2D eigenvalue weighted by Crippen LogP contribution is 2.17. The van der Waals surface area contributed by atoms with Crippen LogP contribution in [0.25, 0.3) is 0 Å². The summed E-state index contributed by atoms with van der Waals surface area (Å²) in [6, 6.07) is 12.0. The van der Waals surface area contributed by atoms with Crippen LogP contribution in [0.3, 0.4) is 0 Å². The molecule has 2 heteroatoms. The minimum atomic E-state index is 0.573. The van der Waals surface area contributed by atoms with Crippen molar-refractivity contribution < 1.29 is 0 Å². The molecule has 0 aliphatic carbocycles. The van der Waals surface area contributed by atoms with Gasteiger partial charge in [-0.2, -0.15) is 0 Å². The van der Waals surface area contributed by atoms with Crippen LogP contribution in [0.4, 0.5) is 0 Å². The Morgan fingerprint density at radius 1 is 0.952 bits per heavy atom. The van der Waals surface area contributed by atoms with Crippen LogP contribution in [-0.4, -0.2) is 37.6 Å². The third kappa shape index (κ3) is 6.19. The summed E-state index contributed by atoms with van der Waals surface area (Å²) >= 11 is 0. The van der Waals surface area contributed by atoms with Gasteiger partial charge >= 0.3 is 0 Å². The monoisotopic (exact) mass is 290 g/mol. The molecule has 0 radical (unpaired) electrons. The molecular weight excluding hydrogens is 256 g/mol. The molecule has 1 aromatic carbocycles. The molecule has 0 bridgehead atoms. The van der Waals surface area contributed by atoms with Crippen LogP contribution in [-0.2, 0) is 6.42 Å². The molecule has 0 aliphatic heterocycles. The van der Waals surface area contributed by atoms with E-state index in [9.17, 15) is 0 Å². The minimum absolute atomic E-state index is 0.573. The number of hydrogen-bond acceptors (Lipinski definition) is 2. The Hall–Kier alpha value is -0.860. The Labute approximate surface area is 131 Å². The van der Waals surface area contributed by atoms with Crippen LogP contribution < -0.4 is 5.32 Å². The minimum Gasteiger partial charge on any atom is -0.312 e. The zero-order valence-corrected chi connectivity index (χ0v) is 14.6. The number of nitrogens with one attached hydrogen (secondary N) is 1. The normalized spacial score (nSPS) is 14.6. The molecule has 0 saturated carbocycles. The highest BCUT2D eigenvalue weighted by Gasteiger charge is 2.21. The van der Waals surface area contributed by atoms with E-state index in [0.29, 0.717) is 12.1 Å². The lowest BCUT2D eigenvalue weighted by molar-refractivity contribution is 0.188. The molecule has 0 spiro atoms. The van der Waals surface area contributed by atoms with Gasteiger partial charge in [-0.15, -0.1) is 0 Å². The maximum atomic E-state index is 3.81. The lowest BCUT2D eigenvalue weighted by Crippen LogP contribution is -2.46. The van der Waals surface area contributed by atoms with Crippen LogP contribution in [0.5, 0.6) is 0 Å². The Morgan fingerprint density at radius 2 is 1.57 bits per heavy atom. The first-order chi connectivity index (χ1) is 10.1. The van der Waals surface area contributed by atoms with Crippen LogP contribution in [0.15, 0.2) is 30.3 Å². The number of rotatable bonds is 10. The summed E-state index contributed by atoms with van der Waals surface area (Å²) in [6.07, 6.45) is 4.82. The second-order valence-electron chi connectivity index (χ2n) is 6.31. The highest BCUT2D eigenvalue weighted by molar-refractivity contribution is 5.15. The molecule has 0 fully saturated rings. The van der Waals surface area contributed by atoms with Gasteiger partial charge < -0.3 is 10.2 Å². The van der Waals surface area contributed by atoms with Crippen molar-refractivity contribution in [2.75, 3.05) is 20.6 Å². The molecule has 0 amide bonds. The van der Waals surface area contributed by atoms with Crippen molar-refractivity contribution in [3.63, 3.8) is 0 Å². The van der Waals surface area contributed by atoms with Gasteiger partial charge in [0.25, 0.3) is 0 Å². The molecule has 2 nitrogen and oxygen atoms in total. The van der Waals surface area contributed by atoms with E-state index in [-0.39, 0.29) is 0 Å². The van der Waals surface area contributed by atoms with Gasteiger partial charge in [0.2, 0.25) is 0 Å². The fourth-order valence-corrected chi connectivity index (χ4v) is 3.15. The summed E-state index contributed by atoms with van der Waals surface area (Å²) < 4.78 is 0. The van der Waals surface area contributed by atoms with Crippen molar-refractivity contribution in [3.05, 3.63) is 35.9 Å². The van der Waals surface area contributed by atoms with Crippen LogP contribution >= 0.6 is 0 Å². The Balaban J connectivity index is 2.55. The predicted molar refractivity (Wildman–Crippen MR) is 93.8 cm³/mol. The highest BCUT2D eigenvalue weighted by atomic mass is 15.1. The fourth-order valence-electron chi connectivity index (χ4n) is 3.15. The first-order valence-electron chi connectivity index (χ1n) is 8.55. The van der Waals surface area contributed by atoms with Crippen molar-refractivity contribution in [2.24, 2.45) is 5.92 Å². The van der Waals surface area contributed by atoms with Crippen LogP contribution in [0.2, 0.25) is 0 Å². The van der Waals surface area contributed by atoms with Gasteiger partial charge in [-0.05, 0) is 38.4 Å². The van der Waals surface area contributed by atoms with E-state index in [2.05, 4.69) is 75.4 Å². The second kappa shape index (κ2) is 9.97. The second-order valence-corrected chi connectivity index (χ2v) is 6.31. The first-order valence-corrected chi connectivity index (χ1v) is 8.55. The third-order valence-corrected chi connectivity index (χ3v) is 4.69. The summed E-state index contributed by atoms with van der Waals surface area (Å²) in [7, 11) is 4.42. The topological polar surface area (TPSA) is 15.3 Å².